The van der Waals surface area contributed by atoms with Crippen LogP contribution in [-0.4, -0.2) is 251 Å². The summed E-state index contributed by atoms with van der Waals surface area (Å²) in [7, 11) is 0. The molecular formula is C58H84Cl2F5N7O16. The zero-order valence-corrected chi connectivity index (χ0v) is 49.6. The van der Waals surface area contributed by atoms with E-state index in [1.165, 1.54) is 18.2 Å². The molecule has 16 atom stereocenters. The Bertz CT molecular complexity index is 2690. The van der Waals surface area contributed by atoms with Gasteiger partial charge in [0.2, 0.25) is 6.43 Å². The topological polar surface area (TPSA) is 383 Å². The van der Waals surface area contributed by atoms with E-state index in [-0.39, 0.29) is 114 Å². The second-order valence-electron chi connectivity index (χ2n) is 22.1. The molecule has 5 saturated heterocycles. The van der Waals surface area contributed by atoms with Gasteiger partial charge >= 0.3 is 0 Å². The van der Waals surface area contributed by atoms with E-state index in [4.69, 9.17) is 15.9 Å². The monoisotopic (exact) mass is 1300 g/mol. The van der Waals surface area contributed by atoms with Crippen LogP contribution in [0.2, 0.25) is 0 Å². The number of nitrogen functional groups attached to an aromatic ring is 1. The third kappa shape index (κ3) is 22.5. The summed E-state index contributed by atoms with van der Waals surface area (Å²) in [4.78, 5) is 27.6. The molecule has 9 rings (SSSR count). The third-order valence-electron chi connectivity index (χ3n) is 15.8. The number of piperidine rings is 5. The number of hydrogen-bond donors (Lipinski definition) is 16. The van der Waals surface area contributed by atoms with Crippen molar-refractivity contribution in [2.24, 2.45) is 29.6 Å². The lowest BCUT2D eigenvalue weighted by Crippen LogP contribution is -2.58. The molecule has 0 saturated carbocycles. The van der Waals surface area contributed by atoms with Crippen LogP contribution in [0.3, 0.4) is 0 Å². The second kappa shape index (κ2) is 38.1. The number of nitrogens with one attached hydrogen (secondary N) is 2. The number of hydrogen-bond acceptors (Lipinski definition) is 21. The fourth-order valence-corrected chi connectivity index (χ4v) is 10.8. The first-order valence-corrected chi connectivity index (χ1v) is 28.1. The van der Waals surface area contributed by atoms with Crippen LogP contribution in [0.5, 0.6) is 0 Å². The van der Waals surface area contributed by atoms with Crippen LogP contribution in [-0.2, 0) is 19.5 Å². The van der Waals surface area contributed by atoms with E-state index < -0.39 is 108 Å². The molecule has 5 heterocycles. The van der Waals surface area contributed by atoms with Crippen molar-refractivity contribution < 1.29 is 98.1 Å². The van der Waals surface area contributed by atoms with Crippen molar-refractivity contribution >= 4 is 42.1 Å². The normalized spacial score (nSPS) is 29.7. The van der Waals surface area contributed by atoms with Gasteiger partial charge in [0.25, 0.3) is 11.6 Å². The van der Waals surface area contributed by atoms with Gasteiger partial charge in [-0.1, -0.05) is 54.6 Å². The van der Waals surface area contributed by atoms with Crippen LogP contribution in [0.4, 0.5) is 33.3 Å². The van der Waals surface area contributed by atoms with Crippen LogP contribution in [0.15, 0.2) is 97.1 Å². The molecule has 0 unspecified atom stereocenters. The quantitative estimate of drug-likeness (QED) is 0.0346. The Balaban J connectivity index is 0.000000290. The lowest BCUT2D eigenvalue weighted by Gasteiger charge is -2.38. The number of halogens is 7. The lowest BCUT2D eigenvalue weighted by atomic mass is 9.84. The van der Waals surface area contributed by atoms with Gasteiger partial charge in [-0.25, -0.2) is 22.0 Å². The van der Waals surface area contributed by atoms with Crippen molar-refractivity contribution in [2.75, 3.05) is 91.1 Å². The summed E-state index contributed by atoms with van der Waals surface area (Å²) in [5, 5.41) is 139. The molecule has 23 nitrogen and oxygen atoms in total. The highest BCUT2D eigenvalue weighted by atomic mass is 35.5. The molecule has 30 heteroatoms. The first-order valence-electron chi connectivity index (χ1n) is 28.1. The first-order chi connectivity index (χ1) is 40.9. The summed E-state index contributed by atoms with van der Waals surface area (Å²) in [5.74, 6) is -4.81. The molecule has 5 aliphatic heterocycles. The first kappa shape index (κ1) is 77.3. The molecule has 496 valence electrons. The number of carbonyl (C=O) groups is 1. The number of nitro benzene ring substituents is 1. The molecule has 1 amide bonds. The second-order valence-corrected chi connectivity index (χ2v) is 22.1. The summed E-state index contributed by atoms with van der Waals surface area (Å²) in [6.45, 7) is 2.19. The van der Waals surface area contributed by atoms with Crippen molar-refractivity contribution in [3.63, 3.8) is 0 Å². The number of nitrogens with two attached hydrogens (primary N) is 1. The van der Waals surface area contributed by atoms with Gasteiger partial charge in [-0.15, -0.1) is 24.8 Å². The summed E-state index contributed by atoms with van der Waals surface area (Å²) in [6.07, 6.45) is -13.2. The number of benzene rings is 4. The van der Waals surface area contributed by atoms with Gasteiger partial charge in [0.15, 0.2) is 0 Å². The predicted octanol–water partition coefficient (Wildman–Crippen LogP) is -0.549. The van der Waals surface area contributed by atoms with Gasteiger partial charge in [0.05, 0.1) is 65.8 Å². The van der Waals surface area contributed by atoms with Crippen LogP contribution >= 0.6 is 24.8 Å². The van der Waals surface area contributed by atoms with E-state index in [1.807, 2.05) is 29.2 Å². The number of β-amino-alcohol motifs (C(OH)–C–C–N with tert-alkyl or cyclic N) is 4. The number of nitrogens with zero attached hydrogens (tertiary/aromatic N) is 4. The summed E-state index contributed by atoms with van der Waals surface area (Å²) in [5.41, 5.74) is 8.77. The van der Waals surface area contributed by atoms with E-state index in [0.29, 0.717) is 61.6 Å². The van der Waals surface area contributed by atoms with Crippen molar-refractivity contribution in [3.8, 4) is 0 Å². The summed E-state index contributed by atoms with van der Waals surface area (Å²) >= 11 is 0. The molecule has 0 bridgehead atoms. The number of amides is 1. The number of alkyl halides is 3. The van der Waals surface area contributed by atoms with Crippen LogP contribution < -0.4 is 16.4 Å². The van der Waals surface area contributed by atoms with E-state index in [1.54, 1.807) is 53.4 Å². The Morgan fingerprint density at radius 3 is 1.74 bits per heavy atom. The number of aliphatic hydroxyl groups excluding tert-OH is 13. The Labute approximate surface area is 518 Å². The van der Waals surface area contributed by atoms with Gasteiger partial charge in [0, 0.05) is 157 Å². The predicted molar refractivity (Wildman–Crippen MR) is 317 cm³/mol. The van der Waals surface area contributed by atoms with Crippen LogP contribution in [0.1, 0.15) is 27.0 Å². The summed E-state index contributed by atoms with van der Waals surface area (Å²) < 4.78 is 64.5. The average molecular weight is 1300 g/mol. The Morgan fingerprint density at radius 2 is 1.19 bits per heavy atom. The Kier molecular flexibility index (Phi) is 33.5. The lowest BCUT2D eigenvalue weighted by molar-refractivity contribution is -0.385. The fourth-order valence-electron chi connectivity index (χ4n) is 10.8. The number of likely N-dealkylation sites (tertiary alicyclic amines) is 3. The molecule has 4 aromatic carbocycles. The van der Waals surface area contributed by atoms with E-state index in [9.17, 15) is 93.0 Å². The molecule has 5 fully saturated rings. The number of para-hydroxylation sites is 1. The number of anilines is 1. The maximum absolute atomic E-state index is 13.6. The molecule has 0 aromatic heterocycles. The molecule has 0 aliphatic carbocycles. The van der Waals surface area contributed by atoms with Crippen molar-refractivity contribution in [1.82, 2.24) is 25.3 Å². The minimum Gasteiger partial charge on any atom is -0.399 e. The zero-order chi connectivity index (χ0) is 63.4. The number of rotatable bonds is 13. The van der Waals surface area contributed by atoms with Crippen LogP contribution in [0.25, 0.3) is 0 Å². The molecule has 0 radical (unpaired) electrons. The maximum Gasteiger partial charge on any atom is 0.273 e. The largest absolute Gasteiger partial charge is 0.399 e. The minimum atomic E-state index is -2.78. The van der Waals surface area contributed by atoms with Crippen molar-refractivity contribution in [3.05, 3.63) is 141 Å². The van der Waals surface area contributed by atoms with Crippen molar-refractivity contribution in [2.45, 2.75) is 93.1 Å². The Morgan fingerprint density at radius 1 is 0.614 bits per heavy atom. The summed E-state index contributed by atoms with van der Waals surface area (Å²) in [6, 6.07) is 25.2. The third-order valence-corrected chi connectivity index (χ3v) is 15.8. The van der Waals surface area contributed by atoms with E-state index in [2.05, 4.69) is 10.6 Å². The van der Waals surface area contributed by atoms with E-state index in [0.717, 1.165) is 16.5 Å². The highest BCUT2D eigenvalue weighted by Crippen LogP contribution is 2.28. The van der Waals surface area contributed by atoms with Gasteiger partial charge in [-0.2, -0.15) is 0 Å². The number of nitro groups is 1. The maximum atomic E-state index is 13.6. The molecule has 17 N–H and O–H groups in total. The average Bonchev–Trinajstić information content (AvgIpc) is 2.47. The fraction of sp³-hybridized carbons (Fsp3) is 0.569. The smallest absolute Gasteiger partial charge is 0.273 e. The number of carbonyl (C=O) groups excluding carboxylic acids is 1. The minimum absolute atomic E-state index is 0. The highest BCUT2D eigenvalue weighted by molar-refractivity contribution is 5.94. The highest BCUT2D eigenvalue weighted by Gasteiger charge is 2.42. The van der Waals surface area contributed by atoms with Gasteiger partial charge in [-0.3, -0.25) is 24.7 Å². The van der Waals surface area contributed by atoms with Gasteiger partial charge < -0.3 is 87.7 Å². The number of aliphatic hydroxyl groups is 13. The Hall–Kier alpha value is -4.90. The molecule has 88 heavy (non-hydrogen) atoms. The molecule has 5 aliphatic rings. The van der Waals surface area contributed by atoms with Crippen LogP contribution in [0, 0.1) is 51.3 Å². The SMILES string of the molecule is Cl.Cl.Nc1cccc(CN2C[C@H](CO)[C@@H](O)[C@H](O)C2)c1.O=C(c1ccccc1)N1C[C@@H](O)[C@H](O)[C@@H](C(F)F)C1.O=[N+]([O-])c1ccccc1CN1C[C@H](CO)[C@@H](O)[C@H](O)C1.OC[C@@H]1[C@@H](O)[C@H](O)CN[C@H]1Cc1ccc(F)cc1F.OC[C@H]1CNC[C@H](F)[C@@H]1O. The molecular weight excluding hydrogens is 1220 g/mol. The van der Waals surface area contributed by atoms with Gasteiger partial charge in [-0.05, 0) is 47.9 Å². The van der Waals surface area contributed by atoms with Gasteiger partial charge in [0.1, 0.15) is 17.8 Å². The standard InChI is InChI=1S/C13H17F2NO3.C13H15F2NO3.C13H18N2O5.C13H20N2O3.C6H12FNO2.2ClH/c14-8-2-1-7(10(15)4-8)3-11-9(6-17)13(19)12(18)5-16-11;14-12(15)9-6-16(7-10(17)11(9)18)13(19)8-4-2-1-3-5-8;16-8-10-6-14(7-12(17)13(10)18)5-9-3-1-2-4-11(9)15(19)20;14-11-3-1-2-9(4-11)5-15-6-10(8-16)13(18)12(17)7-15;7-5-2-8-1-4(3-9)6(5)10;;/h1-2,4,9,11-13,16-19H,3,5-6H2;1-5,9-12,17-18H,6-7H2;1-4,10,12-13,16-18H,5-8H2;1-4,10,12-13,16-18H,5-8,14H2;4-6,8-10H,1-3H2;2*1H/t9-,11-,12+,13+;9-,10+,11+;2*10-,12-,13-;4-,5+,6-;;/m00111../s1. The van der Waals surface area contributed by atoms with E-state index >= 15 is 0 Å². The van der Waals surface area contributed by atoms with Crippen molar-refractivity contribution in [1.29, 1.82) is 0 Å². The molecule has 0 spiro atoms. The zero-order valence-electron chi connectivity index (χ0n) is 48.0. The molecule has 4 aromatic rings.